The summed E-state index contributed by atoms with van der Waals surface area (Å²) < 4.78 is 0. The minimum absolute atomic E-state index is 0.0101. The number of carboxylic acid groups (broad SMARTS) is 1. The lowest BCUT2D eigenvalue weighted by molar-refractivity contribution is -0.142. The monoisotopic (exact) mass is 254 g/mol. The van der Waals surface area contributed by atoms with Crippen molar-refractivity contribution in [2.75, 3.05) is 26.2 Å². The molecule has 2 rings (SSSR count). The van der Waals surface area contributed by atoms with Gasteiger partial charge in [0.15, 0.2) is 0 Å². The summed E-state index contributed by atoms with van der Waals surface area (Å²) in [5.74, 6) is -1.60. The van der Waals surface area contributed by atoms with E-state index in [0.717, 1.165) is 32.4 Å². The van der Waals surface area contributed by atoms with E-state index >= 15 is 0 Å². The van der Waals surface area contributed by atoms with Gasteiger partial charge in [-0.15, -0.1) is 0 Å². The average molecular weight is 254 g/mol. The molecule has 6 heteroatoms. The van der Waals surface area contributed by atoms with E-state index in [1.165, 1.54) is 4.90 Å². The molecule has 2 saturated heterocycles. The standard InChI is InChI=1S/C12H18N2O4/c15-10-6-9(7-14(10)8-11(16)17)12(18)13-4-2-1-3-5-13/h9H,1-8H2,(H,16,17). The lowest BCUT2D eigenvalue weighted by Gasteiger charge is -2.28. The first kappa shape index (κ1) is 12.9. The Labute approximate surface area is 106 Å². The zero-order valence-corrected chi connectivity index (χ0v) is 10.3. The molecule has 0 radical (unpaired) electrons. The van der Waals surface area contributed by atoms with Crippen molar-refractivity contribution in [3.8, 4) is 0 Å². The molecule has 0 aliphatic carbocycles. The average Bonchev–Trinajstić information content (AvgIpc) is 2.70. The van der Waals surface area contributed by atoms with Crippen LogP contribution in [0.2, 0.25) is 0 Å². The molecule has 100 valence electrons. The maximum atomic E-state index is 12.2. The number of carbonyl (C=O) groups excluding carboxylic acids is 2. The second-order valence-corrected chi connectivity index (χ2v) is 4.95. The van der Waals surface area contributed by atoms with Gasteiger partial charge in [0, 0.05) is 26.1 Å². The van der Waals surface area contributed by atoms with Gasteiger partial charge in [-0.3, -0.25) is 14.4 Å². The zero-order chi connectivity index (χ0) is 13.1. The van der Waals surface area contributed by atoms with Crippen molar-refractivity contribution >= 4 is 17.8 Å². The Morgan fingerprint density at radius 1 is 1.22 bits per heavy atom. The predicted molar refractivity (Wildman–Crippen MR) is 62.8 cm³/mol. The van der Waals surface area contributed by atoms with E-state index in [1.807, 2.05) is 4.90 Å². The van der Waals surface area contributed by atoms with Gasteiger partial charge in [0.1, 0.15) is 6.54 Å². The van der Waals surface area contributed by atoms with Gasteiger partial charge in [0.05, 0.1) is 5.92 Å². The number of hydrogen-bond acceptors (Lipinski definition) is 3. The fraction of sp³-hybridized carbons (Fsp3) is 0.750. The molecule has 0 saturated carbocycles. The van der Waals surface area contributed by atoms with Crippen LogP contribution in [-0.2, 0) is 14.4 Å². The second-order valence-electron chi connectivity index (χ2n) is 4.95. The quantitative estimate of drug-likeness (QED) is 0.765. The van der Waals surface area contributed by atoms with Crippen molar-refractivity contribution < 1.29 is 19.5 Å². The Bertz CT molecular complexity index is 363. The number of amides is 2. The van der Waals surface area contributed by atoms with Crippen LogP contribution in [0.1, 0.15) is 25.7 Å². The van der Waals surface area contributed by atoms with Gasteiger partial charge in [-0.2, -0.15) is 0 Å². The minimum atomic E-state index is -1.03. The summed E-state index contributed by atoms with van der Waals surface area (Å²) in [6.07, 6.45) is 3.34. The van der Waals surface area contributed by atoms with E-state index in [4.69, 9.17) is 5.11 Å². The third-order valence-electron chi connectivity index (χ3n) is 3.56. The largest absolute Gasteiger partial charge is 0.480 e. The zero-order valence-electron chi connectivity index (χ0n) is 10.3. The summed E-state index contributed by atoms with van der Waals surface area (Å²) in [6.45, 7) is 1.48. The molecule has 2 heterocycles. The normalized spacial score (nSPS) is 24.4. The van der Waals surface area contributed by atoms with Crippen LogP contribution in [0.15, 0.2) is 0 Å². The highest BCUT2D eigenvalue weighted by Gasteiger charge is 2.37. The highest BCUT2D eigenvalue weighted by Crippen LogP contribution is 2.21. The fourth-order valence-electron chi connectivity index (χ4n) is 2.63. The molecule has 1 atom stereocenters. The van der Waals surface area contributed by atoms with E-state index in [9.17, 15) is 14.4 Å². The van der Waals surface area contributed by atoms with Crippen LogP contribution in [0.25, 0.3) is 0 Å². The number of piperidine rings is 1. The number of aliphatic carboxylic acids is 1. The number of carbonyl (C=O) groups is 3. The minimum Gasteiger partial charge on any atom is -0.480 e. The first-order valence-electron chi connectivity index (χ1n) is 6.36. The maximum Gasteiger partial charge on any atom is 0.323 e. The summed E-state index contributed by atoms with van der Waals surface area (Å²) in [5, 5.41) is 8.68. The Morgan fingerprint density at radius 3 is 2.50 bits per heavy atom. The molecular formula is C12H18N2O4. The Balaban J connectivity index is 1.92. The molecule has 2 amide bonds. The Morgan fingerprint density at radius 2 is 1.89 bits per heavy atom. The summed E-state index contributed by atoms with van der Waals surface area (Å²) in [7, 11) is 0. The number of nitrogens with zero attached hydrogens (tertiary/aromatic N) is 2. The molecule has 2 aliphatic heterocycles. The Kier molecular flexibility index (Phi) is 3.84. The van der Waals surface area contributed by atoms with Gasteiger partial charge in [-0.05, 0) is 19.3 Å². The smallest absolute Gasteiger partial charge is 0.323 e. The van der Waals surface area contributed by atoms with Gasteiger partial charge < -0.3 is 14.9 Å². The van der Waals surface area contributed by atoms with E-state index in [2.05, 4.69) is 0 Å². The van der Waals surface area contributed by atoms with Gasteiger partial charge in [0.25, 0.3) is 0 Å². The molecule has 6 nitrogen and oxygen atoms in total. The molecule has 1 unspecified atom stereocenters. The lowest BCUT2D eigenvalue weighted by Crippen LogP contribution is -2.40. The topological polar surface area (TPSA) is 77.9 Å². The predicted octanol–water partition coefficient (Wildman–Crippen LogP) is -0.0680. The van der Waals surface area contributed by atoms with Crippen LogP contribution in [0.5, 0.6) is 0 Å². The van der Waals surface area contributed by atoms with Gasteiger partial charge >= 0.3 is 5.97 Å². The molecule has 18 heavy (non-hydrogen) atoms. The van der Waals surface area contributed by atoms with Crippen molar-refractivity contribution in [2.45, 2.75) is 25.7 Å². The van der Waals surface area contributed by atoms with Crippen LogP contribution in [0.4, 0.5) is 0 Å². The Hall–Kier alpha value is -1.59. The molecule has 0 aromatic carbocycles. The van der Waals surface area contributed by atoms with Gasteiger partial charge in [-0.1, -0.05) is 0 Å². The summed E-state index contributed by atoms with van der Waals surface area (Å²) in [4.78, 5) is 37.4. The summed E-state index contributed by atoms with van der Waals surface area (Å²) in [5.41, 5.74) is 0. The fourth-order valence-corrected chi connectivity index (χ4v) is 2.63. The van der Waals surface area contributed by atoms with Crippen LogP contribution in [0.3, 0.4) is 0 Å². The van der Waals surface area contributed by atoms with Gasteiger partial charge in [-0.25, -0.2) is 0 Å². The van der Waals surface area contributed by atoms with Crippen molar-refractivity contribution in [1.82, 2.24) is 9.80 Å². The first-order chi connectivity index (χ1) is 8.58. The van der Waals surface area contributed by atoms with Crippen molar-refractivity contribution in [1.29, 1.82) is 0 Å². The number of rotatable bonds is 3. The molecular weight excluding hydrogens is 236 g/mol. The molecule has 0 bridgehead atoms. The van der Waals surface area contributed by atoms with Crippen LogP contribution < -0.4 is 0 Å². The molecule has 0 spiro atoms. The number of likely N-dealkylation sites (tertiary alicyclic amines) is 2. The third-order valence-corrected chi connectivity index (χ3v) is 3.56. The van der Waals surface area contributed by atoms with Crippen molar-refractivity contribution in [2.24, 2.45) is 5.92 Å². The van der Waals surface area contributed by atoms with Crippen LogP contribution in [0, 0.1) is 5.92 Å². The molecule has 0 aromatic heterocycles. The number of hydrogen-bond donors (Lipinski definition) is 1. The summed E-state index contributed by atoms with van der Waals surface area (Å²) >= 11 is 0. The van der Waals surface area contributed by atoms with E-state index < -0.39 is 5.97 Å². The highest BCUT2D eigenvalue weighted by molar-refractivity contribution is 5.90. The van der Waals surface area contributed by atoms with E-state index in [1.54, 1.807) is 0 Å². The summed E-state index contributed by atoms with van der Waals surface area (Å²) in [6, 6.07) is 0. The highest BCUT2D eigenvalue weighted by atomic mass is 16.4. The SMILES string of the molecule is O=C(O)CN1CC(C(=O)N2CCCCC2)CC1=O. The third kappa shape index (κ3) is 2.80. The molecule has 0 aromatic rings. The molecule has 2 fully saturated rings. The maximum absolute atomic E-state index is 12.2. The van der Waals surface area contributed by atoms with Gasteiger partial charge in [0.2, 0.25) is 11.8 Å². The van der Waals surface area contributed by atoms with Crippen molar-refractivity contribution in [3.63, 3.8) is 0 Å². The lowest BCUT2D eigenvalue weighted by atomic mass is 10.0. The van der Waals surface area contributed by atoms with Crippen LogP contribution >= 0.6 is 0 Å². The van der Waals surface area contributed by atoms with E-state index in [-0.39, 0.29) is 37.2 Å². The number of carboxylic acids is 1. The van der Waals surface area contributed by atoms with Crippen LogP contribution in [-0.4, -0.2) is 58.9 Å². The first-order valence-corrected chi connectivity index (χ1v) is 6.36. The van der Waals surface area contributed by atoms with E-state index in [0.29, 0.717) is 0 Å². The molecule has 2 aliphatic rings. The second kappa shape index (κ2) is 5.37. The van der Waals surface area contributed by atoms with Crippen molar-refractivity contribution in [3.05, 3.63) is 0 Å². The molecule has 1 N–H and O–H groups in total.